The molecule has 1 atom stereocenters. The summed E-state index contributed by atoms with van der Waals surface area (Å²) in [5.74, 6) is -0.650. The van der Waals surface area contributed by atoms with E-state index in [4.69, 9.17) is 15.2 Å². The van der Waals surface area contributed by atoms with E-state index in [2.05, 4.69) is 15.0 Å². The van der Waals surface area contributed by atoms with E-state index in [1.54, 1.807) is 25.1 Å². The summed E-state index contributed by atoms with van der Waals surface area (Å²) in [5.41, 5.74) is 5.58. The van der Waals surface area contributed by atoms with Crippen molar-refractivity contribution < 1.29 is 19.4 Å². The zero-order chi connectivity index (χ0) is 20.5. The molecule has 4 N–H and O–H groups in total. The Morgan fingerprint density at radius 3 is 2.97 bits per heavy atom. The number of H-pyrrole nitrogens is 1. The number of rotatable bonds is 6. The van der Waals surface area contributed by atoms with Gasteiger partial charge in [-0.05, 0) is 31.9 Å². The Kier molecular flexibility index (Phi) is 4.93. The molecule has 1 saturated heterocycles. The van der Waals surface area contributed by atoms with E-state index in [0.717, 1.165) is 12.8 Å². The number of para-hydroxylation sites is 1. The number of imidazole rings is 1. The van der Waals surface area contributed by atoms with E-state index >= 15 is 0 Å². The lowest BCUT2D eigenvalue weighted by molar-refractivity contribution is 0.0970. The first-order valence-electron chi connectivity index (χ1n) is 9.36. The number of benzene rings is 1. The van der Waals surface area contributed by atoms with Gasteiger partial charge in [0.05, 0.1) is 24.8 Å². The number of fused-ring (bicyclic) bond motifs is 1. The average Bonchev–Trinajstić information content (AvgIpc) is 3.31. The number of primary amides is 1. The molecule has 1 fully saturated rings. The van der Waals surface area contributed by atoms with Crippen LogP contribution in [0.1, 0.15) is 30.3 Å². The van der Waals surface area contributed by atoms with Gasteiger partial charge in [-0.25, -0.2) is 14.8 Å². The first-order chi connectivity index (χ1) is 14.0. The van der Waals surface area contributed by atoms with Gasteiger partial charge in [0.2, 0.25) is 0 Å². The summed E-state index contributed by atoms with van der Waals surface area (Å²) in [6.07, 6.45) is 1.64. The molecule has 1 aromatic carbocycles. The molecule has 29 heavy (non-hydrogen) atoms. The van der Waals surface area contributed by atoms with Gasteiger partial charge in [-0.3, -0.25) is 9.36 Å². The fraction of sp³-hybridized carbons (Fsp3) is 0.368. The number of amides is 1. The number of hydrogen-bond acceptors (Lipinski definition) is 7. The van der Waals surface area contributed by atoms with Gasteiger partial charge < -0.3 is 25.3 Å². The van der Waals surface area contributed by atoms with Crippen LogP contribution in [0, 0.1) is 0 Å². The van der Waals surface area contributed by atoms with E-state index in [-0.39, 0.29) is 45.8 Å². The smallest absolute Gasteiger partial charge is 0.327 e. The number of nitrogens with two attached hydrogens (primary N) is 1. The molecule has 0 unspecified atom stereocenters. The average molecular weight is 399 g/mol. The van der Waals surface area contributed by atoms with Crippen molar-refractivity contribution in [1.29, 1.82) is 0 Å². The molecule has 3 aromatic rings. The molecule has 0 radical (unpaired) electrons. The largest absolute Gasteiger partial charge is 0.504 e. The van der Waals surface area contributed by atoms with Crippen molar-refractivity contribution in [1.82, 2.24) is 19.5 Å². The van der Waals surface area contributed by atoms with Crippen molar-refractivity contribution in [2.75, 3.05) is 13.2 Å². The predicted molar refractivity (Wildman–Crippen MR) is 104 cm³/mol. The summed E-state index contributed by atoms with van der Waals surface area (Å²) in [6, 6.07) is 4.88. The standard InChI is InChI=1S/C19H21N5O5/c1-2-28-12-7-3-6-11(15(12)25)17-21-13(16(20)26)14-18(23-17)24(19(27)22-14)9-10-5-4-8-29-10/h3,6-7,10,25H,2,4-5,8-9H2,1H3,(H2,20,26)(H,22,27)/t10-/m0/s1. The molecule has 152 valence electrons. The number of aromatic nitrogens is 4. The molecule has 0 bridgehead atoms. The van der Waals surface area contributed by atoms with Crippen LogP contribution in [0.25, 0.3) is 22.6 Å². The molecular formula is C19H21N5O5. The summed E-state index contributed by atoms with van der Waals surface area (Å²) in [7, 11) is 0. The maximum Gasteiger partial charge on any atom is 0.327 e. The quantitative estimate of drug-likeness (QED) is 0.564. The Bertz CT molecular complexity index is 1130. The summed E-state index contributed by atoms with van der Waals surface area (Å²) >= 11 is 0. The molecule has 0 saturated carbocycles. The van der Waals surface area contributed by atoms with Gasteiger partial charge in [0, 0.05) is 6.61 Å². The number of nitrogens with one attached hydrogen (secondary N) is 1. The minimum atomic E-state index is -0.815. The predicted octanol–water partition coefficient (Wildman–Crippen LogP) is 1.17. The second-order valence-corrected chi connectivity index (χ2v) is 6.72. The Morgan fingerprint density at radius 1 is 1.45 bits per heavy atom. The molecule has 1 amide bonds. The highest BCUT2D eigenvalue weighted by molar-refractivity contribution is 6.02. The highest BCUT2D eigenvalue weighted by atomic mass is 16.5. The second kappa shape index (κ2) is 7.55. The van der Waals surface area contributed by atoms with Crippen molar-refractivity contribution in [3.05, 3.63) is 34.4 Å². The van der Waals surface area contributed by atoms with Crippen LogP contribution in [0.4, 0.5) is 0 Å². The number of aromatic amines is 1. The lowest BCUT2D eigenvalue weighted by atomic mass is 10.1. The minimum absolute atomic E-state index is 0.0606. The van der Waals surface area contributed by atoms with E-state index < -0.39 is 11.6 Å². The number of carbonyl (C=O) groups is 1. The van der Waals surface area contributed by atoms with Gasteiger partial charge in [0.15, 0.2) is 28.7 Å². The maximum absolute atomic E-state index is 12.5. The van der Waals surface area contributed by atoms with Crippen molar-refractivity contribution in [3.63, 3.8) is 0 Å². The fourth-order valence-electron chi connectivity index (χ4n) is 3.46. The normalized spacial score (nSPS) is 16.4. The summed E-state index contributed by atoms with van der Waals surface area (Å²) in [5, 5.41) is 10.6. The van der Waals surface area contributed by atoms with Crippen LogP contribution in [-0.2, 0) is 11.3 Å². The van der Waals surface area contributed by atoms with Gasteiger partial charge in [0.25, 0.3) is 5.91 Å². The lowest BCUT2D eigenvalue weighted by Gasteiger charge is -2.12. The molecule has 1 aliphatic rings. The van der Waals surface area contributed by atoms with Gasteiger partial charge in [-0.1, -0.05) is 6.07 Å². The third-order valence-electron chi connectivity index (χ3n) is 4.81. The first-order valence-corrected chi connectivity index (χ1v) is 9.36. The number of phenols is 1. The van der Waals surface area contributed by atoms with Crippen molar-refractivity contribution >= 4 is 17.1 Å². The molecule has 10 nitrogen and oxygen atoms in total. The fourth-order valence-corrected chi connectivity index (χ4v) is 3.46. The second-order valence-electron chi connectivity index (χ2n) is 6.72. The molecular weight excluding hydrogens is 378 g/mol. The van der Waals surface area contributed by atoms with Crippen LogP contribution < -0.4 is 16.2 Å². The SMILES string of the molecule is CCOc1cccc(-c2nc(C(N)=O)c3[nH]c(=O)n(C[C@@H]4CCCO4)c3n2)c1O. The number of nitrogens with zero attached hydrogens (tertiary/aromatic N) is 3. The monoisotopic (exact) mass is 399 g/mol. The molecule has 2 aromatic heterocycles. The van der Waals surface area contributed by atoms with Crippen LogP contribution in [0.15, 0.2) is 23.0 Å². The van der Waals surface area contributed by atoms with Crippen molar-refractivity contribution in [2.45, 2.75) is 32.4 Å². The van der Waals surface area contributed by atoms with Gasteiger partial charge in [0.1, 0.15) is 5.52 Å². The van der Waals surface area contributed by atoms with Gasteiger partial charge in [-0.2, -0.15) is 0 Å². The molecule has 4 rings (SSSR count). The highest BCUT2D eigenvalue weighted by Gasteiger charge is 2.24. The molecule has 3 heterocycles. The minimum Gasteiger partial charge on any atom is -0.504 e. The zero-order valence-electron chi connectivity index (χ0n) is 15.8. The van der Waals surface area contributed by atoms with Crippen LogP contribution in [-0.4, -0.2) is 49.9 Å². The number of ether oxygens (including phenoxy) is 2. The van der Waals surface area contributed by atoms with E-state index in [9.17, 15) is 14.7 Å². The topological polar surface area (TPSA) is 145 Å². The Morgan fingerprint density at radius 2 is 2.28 bits per heavy atom. The molecule has 1 aliphatic heterocycles. The zero-order valence-corrected chi connectivity index (χ0v) is 15.8. The van der Waals surface area contributed by atoms with Crippen LogP contribution in [0.2, 0.25) is 0 Å². The van der Waals surface area contributed by atoms with Crippen LogP contribution >= 0.6 is 0 Å². The number of hydrogen-bond donors (Lipinski definition) is 3. The van der Waals surface area contributed by atoms with Gasteiger partial charge >= 0.3 is 5.69 Å². The van der Waals surface area contributed by atoms with Crippen molar-refractivity contribution in [2.24, 2.45) is 5.73 Å². The van der Waals surface area contributed by atoms with E-state index in [0.29, 0.717) is 19.8 Å². The number of carbonyl (C=O) groups excluding carboxylic acids is 1. The number of phenolic OH excluding ortho intramolecular Hbond substituents is 1. The number of aromatic hydroxyl groups is 1. The summed E-state index contributed by atoms with van der Waals surface area (Å²) in [6.45, 7) is 3.09. The van der Waals surface area contributed by atoms with Crippen LogP contribution in [0.5, 0.6) is 11.5 Å². The Balaban J connectivity index is 1.91. The third-order valence-corrected chi connectivity index (χ3v) is 4.81. The van der Waals surface area contributed by atoms with E-state index in [1.807, 2.05) is 0 Å². The van der Waals surface area contributed by atoms with Gasteiger partial charge in [-0.15, -0.1) is 0 Å². The lowest BCUT2D eigenvalue weighted by Crippen LogP contribution is -2.24. The third kappa shape index (κ3) is 3.42. The summed E-state index contributed by atoms with van der Waals surface area (Å²) in [4.78, 5) is 35.8. The molecule has 0 spiro atoms. The first kappa shape index (κ1) is 18.9. The van der Waals surface area contributed by atoms with Crippen molar-refractivity contribution in [3.8, 4) is 22.9 Å². The Hall–Kier alpha value is -3.40. The molecule has 10 heteroatoms. The van der Waals surface area contributed by atoms with E-state index in [1.165, 1.54) is 4.57 Å². The van der Waals surface area contributed by atoms with Crippen LogP contribution in [0.3, 0.4) is 0 Å². The molecule has 0 aliphatic carbocycles. The summed E-state index contributed by atoms with van der Waals surface area (Å²) < 4.78 is 12.4. The maximum atomic E-state index is 12.5. The Labute approximate surface area is 165 Å². The highest BCUT2D eigenvalue weighted by Crippen LogP contribution is 2.36.